The molecular formula is C16H14N4O4. The molecule has 1 amide bonds. The Morgan fingerprint density at radius 3 is 2.62 bits per heavy atom. The molecule has 0 bridgehead atoms. The van der Waals surface area contributed by atoms with Crippen molar-refractivity contribution in [2.75, 3.05) is 6.61 Å². The van der Waals surface area contributed by atoms with Crippen molar-refractivity contribution in [2.45, 2.75) is 6.42 Å². The molecule has 8 nitrogen and oxygen atoms in total. The summed E-state index contributed by atoms with van der Waals surface area (Å²) in [5.41, 5.74) is 7.40. The molecule has 2 aromatic carbocycles. The van der Waals surface area contributed by atoms with Crippen LogP contribution < -0.4 is 5.73 Å². The fourth-order valence-electron chi connectivity index (χ4n) is 2.39. The van der Waals surface area contributed by atoms with Crippen LogP contribution in [0.5, 0.6) is 5.75 Å². The van der Waals surface area contributed by atoms with Gasteiger partial charge in [-0.15, -0.1) is 15.0 Å². The van der Waals surface area contributed by atoms with E-state index >= 15 is 0 Å². The number of primary amides is 1. The lowest BCUT2D eigenvalue weighted by molar-refractivity contribution is 0.1000. The number of nitrogens with two attached hydrogens (primary N) is 1. The van der Waals surface area contributed by atoms with Crippen molar-refractivity contribution in [2.24, 2.45) is 5.73 Å². The van der Waals surface area contributed by atoms with Gasteiger partial charge in [0.1, 0.15) is 16.7 Å². The Hall–Kier alpha value is -3.26. The van der Waals surface area contributed by atoms with Crippen LogP contribution >= 0.6 is 0 Å². The minimum absolute atomic E-state index is 0.0788. The number of fused-ring (bicyclic) bond motifs is 1. The van der Waals surface area contributed by atoms with E-state index in [-0.39, 0.29) is 23.6 Å². The third kappa shape index (κ3) is 2.70. The van der Waals surface area contributed by atoms with Gasteiger partial charge in [-0.2, -0.15) is 0 Å². The van der Waals surface area contributed by atoms with E-state index in [1.165, 1.54) is 23.0 Å². The average molecular weight is 326 g/mol. The molecule has 0 aliphatic rings. The SMILES string of the molecule is NC(=O)c1ccc2nn(-c3cc(CCO)cc(C=O)c3O)nc2c1. The topological polar surface area (TPSA) is 131 Å². The summed E-state index contributed by atoms with van der Waals surface area (Å²) in [4.78, 5) is 23.6. The fourth-order valence-corrected chi connectivity index (χ4v) is 2.39. The Balaban J connectivity index is 2.17. The Bertz CT molecular complexity index is 949. The lowest BCUT2D eigenvalue weighted by atomic mass is 10.1. The first-order chi connectivity index (χ1) is 11.5. The molecule has 0 spiro atoms. The van der Waals surface area contributed by atoms with Gasteiger partial charge in [-0.1, -0.05) is 0 Å². The van der Waals surface area contributed by atoms with Gasteiger partial charge in [-0.05, 0) is 42.3 Å². The molecule has 0 atom stereocenters. The van der Waals surface area contributed by atoms with E-state index < -0.39 is 5.91 Å². The van der Waals surface area contributed by atoms with E-state index in [1.54, 1.807) is 12.1 Å². The number of phenolic OH excluding ortho intramolecular Hbond substituents is 1. The molecule has 0 aliphatic carbocycles. The molecule has 122 valence electrons. The average Bonchev–Trinajstić information content (AvgIpc) is 2.99. The Morgan fingerprint density at radius 1 is 1.21 bits per heavy atom. The predicted octanol–water partition coefficient (Wildman–Crippen LogP) is 0.572. The van der Waals surface area contributed by atoms with E-state index in [1.807, 2.05) is 0 Å². The summed E-state index contributed by atoms with van der Waals surface area (Å²) in [5.74, 6) is -0.843. The summed E-state index contributed by atoms with van der Waals surface area (Å²) in [6.07, 6.45) is 0.842. The summed E-state index contributed by atoms with van der Waals surface area (Å²) in [7, 11) is 0. The zero-order valence-corrected chi connectivity index (χ0v) is 12.5. The standard InChI is InChI=1S/C16H14N4O4/c17-16(24)10-1-2-12-13(7-10)19-20(18-12)14-6-9(3-4-21)5-11(8-22)15(14)23/h1-2,5-8,21,23H,3-4H2,(H2,17,24). The maximum atomic E-state index is 11.2. The van der Waals surface area contributed by atoms with Crippen LogP contribution in [0.3, 0.4) is 0 Å². The number of amides is 1. The van der Waals surface area contributed by atoms with E-state index in [2.05, 4.69) is 10.2 Å². The van der Waals surface area contributed by atoms with Gasteiger partial charge < -0.3 is 15.9 Å². The third-order valence-corrected chi connectivity index (χ3v) is 3.59. The van der Waals surface area contributed by atoms with Crippen molar-refractivity contribution < 1.29 is 19.8 Å². The van der Waals surface area contributed by atoms with Crippen LogP contribution in [0.1, 0.15) is 26.3 Å². The van der Waals surface area contributed by atoms with Crippen molar-refractivity contribution in [1.82, 2.24) is 15.0 Å². The van der Waals surface area contributed by atoms with Gasteiger partial charge in [-0.25, -0.2) is 0 Å². The maximum absolute atomic E-state index is 11.2. The summed E-state index contributed by atoms with van der Waals surface area (Å²) < 4.78 is 0. The minimum Gasteiger partial charge on any atom is -0.505 e. The summed E-state index contributed by atoms with van der Waals surface area (Å²) in [5, 5.41) is 27.8. The van der Waals surface area contributed by atoms with Crippen molar-refractivity contribution >= 4 is 23.2 Å². The highest BCUT2D eigenvalue weighted by atomic mass is 16.3. The Labute approximate surface area is 136 Å². The highest BCUT2D eigenvalue weighted by Gasteiger charge is 2.15. The molecule has 8 heteroatoms. The number of carbonyl (C=O) groups excluding carboxylic acids is 2. The minimum atomic E-state index is -0.581. The molecule has 0 fully saturated rings. The number of aromatic nitrogens is 3. The zero-order valence-electron chi connectivity index (χ0n) is 12.5. The number of hydrogen-bond acceptors (Lipinski definition) is 6. The van der Waals surface area contributed by atoms with Crippen LogP contribution in [0.25, 0.3) is 16.7 Å². The molecule has 1 heterocycles. The lowest BCUT2D eigenvalue weighted by Gasteiger charge is -2.08. The first-order valence-electron chi connectivity index (χ1n) is 7.12. The lowest BCUT2D eigenvalue weighted by Crippen LogP contribution is -2.10. The van der Waals surface area contributed by atoms with Crippen LogP contribution in [-0.4, -0.2) is 44.0 Å². The molecule has 0 saturated carbocycles. The van der Waals surface area contributed by atoms with Gasteiger partial charge in [0.25, 0.3) is 0 Å². The molecule has 0 radical (unpaired) electrons. The molecule has 1 aromatic heterocycles. The number of rotatable bonds is 5. The van der Waals surface area contributed by atoms with Crippen molar-refractivity contribution in [3.8, 4) is 11.4 Å². The molecule has 3 rings (SSSR count). The quantitative estimate of drug-likeness (QED) is 0.587. The van der Waals surface area contributed by atoms with E-state index in [4.69, 9.17) is 10.8 Å². The second-order valence-corrected chi connectivity index (χ2v) is 5.20. The second kappa shape index (κ2) is 6.09. The van der Waals surface area contributed by atoms with Gasteiger partial charge in [0.15, 0.2) is 12.0 Å². The maximum Gasteiger partial charge on any atom is 0.248 e. The van der Waals surface area contributed by atoms with Gasteiger partial charge in [0, 0.05) is 12.2 Å². The number of carbonyl (C=O) groups is 2. The molecule has 4 N–H and O–H groups in total. The molecule has 0 unspecified atom stereocenters. The normalized spacial score (nSPS) is 10.9. The predicted molar refractivity (Wildman–Crippen MR) is 85.2 cm³/mol. The number of aldehydes is 1. The number of aliphatic hydroxyl groups is 1. The smallest absolute Gasteiger partial charge is 0.248 e. The monoisotopic (exact) mass is 326 g/mol. The van der Waals surface area contributed by atoms with Crippen LogP contribution in [0, 0.1) is 0 Å². The van der Waals surface area contributed by atoms with Crippen LogP contribution in [0.15, 0.2) is 30.3 Å². The highest BCUT2D eigenvalue weighted by molar-refractivity contribution is 5.96. The first kappa shape index (κ1) is 15.6. The number of aliphatic hydroxyl groups excluding tert-OH is 1. The fraction of sp³-hybridized carbons (Fsp3) is 0.125. The summed E-state index contributed by atoms with van der Waals surface area (Å²) >= 11 is 0. The summed E-state index contributed by atoms with van der Waals surface area (Å²) in [6.45, 7) is -0.0982. The Kier molecular flexibility index (Phi) is 3.97. The number of phenols is 1. The molecule has 0 aliphatic heterocycles. The van der Waals surface area contributed by atoms with Crippen LogP contribution in [0.2, 0.25) is 0 Å². The second-order valence-electron chi connectivity index (χ2n) is 5.20. The zero-order chi connectivity index (χ0) is 17.3. The van der Waals surface area contributed by atoms with E-state index in [9.17, 15) is 14.7 Å². The van der Waals surface area contributed by atoms with Crippen molar-refractivity contribution in [3.05, 3.63) is 47.0 Å². The first-order valence-corrected chi connectivity index (χ1v) is 7.12. The van der Waals surface area contributed by atoms with Gasteiger partial charge in [-0.3, -0.25) is 9.59 Å². The molecule has 0 saturated heterocycles. The van der Waals surface area contributed by atoms with Crippen molar-refractivity contribution in [1.29, 1.82) is 0 Å². The largest absolute Gasteiger partial charge is 0.505 e. The van der Waals surface area contributed by atoms with Gasteiger partial charge in [0.05, 0.1) is 5.56 Å². The van der Waals surface area contributed by atoms with Crippen LogP contribution in [0.4, 0.5) is 0 Å². The van der Waals surface area contributed by atoms with E-state index in [0.717, 1.165) is 0 Å². The molecule has 24 heavy (non-hydrogen) atoms. The number of aromatic hydroxyl groups is 1. The number of benzene rings is 2. The number of hydrogen-bond donors (Lipinski definition) is 3. The van der Waals surface area contributed by atoms with E-state index in [0.29, 0.717) is 34.9 Å². The van der Waals surface area contributed by atoms with Gasteiger partial charge >= 0.3 is 0 Å². The molecular weight excluding hydrogens is 312 g/mol. The highest BCUT2D eigenvalue weighted by Crippen LogP contribution is 2.27. The summed E-state index contributed by atoms with van der Waals surface area (Å²) in [6, 6.07) is 7.70. The van der Waals surface area contributed by atoms with Crippen LogP contribution in [-0.2, 0) is 6.42 Å². The third-order valence-electron chi connectivity index (χ3n) is 3.59. The molecule has 3 aromatic rings. The number of nitrogens with zero attached hydrogens (tertiary/aromatic N) is 3. The van der Waals surface area contributed by atoms with Crippen molar-refractivity contribution in [3.63, 3.8) is 0 Å². The van der Waals surface area contributed by atoms with Gasteiger partial charge in [0.2, 0.25) is 5.91 Å². The Morgan fingerprint density at radius 2 is 1.96 bits per heavy atom.